The molecule has 0 aromatic carbocycles. The molecule has 1 aliphatic heterocycles. The van der Waals surface area contributed by atoms with E-state index in [4.69, 9.17) is 14.9 Å². The van der Waals surface area contributed by atoms with Crippen LogP contribution in [0.25, 0.3) is 0 Å². The van der Waals surface area contributed by atoms with Crippen molar-refractivity contribution in [2.75, 3.05) is 18.7 Å². The molecule has 1 aromatic rings. The standard InChI is InChI=1S/C10H13F2N3O5/c11-10(12)7(18)5(3-16)20-8(10)15-2-1-6(13-4-17)14-9(15)19/h1-2,5,7-8,16-18H,3-4H2,(H,13,14,19). The van der Waals surface area contributed by atoms with Gasteiger partial charge in [-0.05, 0) is 6.07 Å². The van der Waals surface area contributed by atoms with E-state index in [1.54, 1.807) is 0 Å². The average Bonchev–Trinajstić information content (AvgIpc) is 2.62. The Hall–Kier alpha value is -1.62. The molecule has 1 saturated heterocycles. The minimum absolute atomic E-state index is 0.00863. The van der Waals surface area contributed by atoms with Gasteiger partial charge in [-0.25, -0.2) is 4.79 Å². The Morgan fingerprint density at radius 2 is 2.20 bits per heavy atom. The van der Waals surface area contributed by atoms with Gasteiger partial charge in [-0.1, -0.05) is 0 Å². The fourth-order valence-corrected chi connectivity index (χ4v) is 1.89. The van der Waals surface area contributed by atoms with E-state index in [-0.39, 0.29) is 5.82 Å². The Kier molecular flexibility index (Phi) is 3.99. The molecule has 0 spiro atoms. The Labute approximate surface area is 111 Å². The molecule has 10 heteroatoms. The molecule has 2 rings (SSSR count). The Balaban J connectivity index is 2.34. The first kappa shape index (κ1) is 14.8. The van der Waals surface area contributed by atoms with Crippen LogP contribution in [0.15, 0.2) is 17.1 Å². The smallest absolute Gasteiger partial charge is 0.351 e. The molecular formula is C10H13F2N3O5. The van der Waals surface area contributed by atoms with Crippen LogP contribution in [-0.4, -0.2) is 56.3 Å². The lowest BCUT2D eigenvalue weighted by atomic mass is 10.1. The van der Waals surface area contributed by atoms with Crippen LogP contribution in [0.3, 0.4) is 0 Å². The Morgan fingerprint density at radius 1 is 1.50 bits per heavy atom. The van der Waals surface area contributed by atoms with Gasteiger partial charge in [0, 0.05) is 6.20 Å². The van der Waals surface area contributed by atoms with Crippen LogP contribution in [0.5, 0.6) is 0 Å². The molecule has 2 heterocycles. The number of aromatic nitrogens is 2. The summed E-state index contributed by atoms with van der Waals surface area (Å²) in [6.07, 6.45) is -4.77. The third-order valence-corrected chi connectivity index (χ3v) is 2.90. The summed E-state index contributed by atoms with van der Waals surface area (Å²) in [7, 11) is 0. The number of nitrogens with zero attached hydrogens (tertiary/aromatic N) is 2. The molecule has 112 valence electrons. The quantitative estimate of drug-likeness (QED) is 0.499. The maximum Gasteiger partial charge on any atom is 0.351 e. The molecule has 3 unspecified atom stereocenters. The zero-order valence-electron chi connectivity index (χ0n) is 10.1. The molecule has 1 fully saturated rings. The van der Waals surface area contributed by atoms with E-state index in [2.05, 4.69) is 10.3 Å². The normalized spacial score (nSPS) is 28.6. The van der Waals surface area contributed by atoms with Crippen molar-refractivity contribution in [1.29, 1.82) is 0 Å². The molecule has 8 nitrogen and oxygen atoms in total. The molecule has 0 radical (unpaired) electrons. The van der Waals surface area contributed by atoms with Gasteiger partial charge in [-0.2, -0.15) is 13.8 Å². The highest BCUT2D eigenvalue weighted by molar-refractivity contribution is 5.31. The van der Waals surface area contributed by atoms with Crippen molar-refractivity contribution in [3.63, 3.8) is 0 Å². The first-order chi connectivity index (χ1) is 9.41. The zero-order valence-corrected chi connectivity index (χ0v) is 10.1. The van der Waals surface area contributed by atoms with E-state index in [1.807, 2.05) is 0 Å². The van der Waals surface area contributed by atoms with E-state index >= 15 is 0 Å². The largest absolute Gasteiger partial charge is 0.394 e. The van der Waals surface area contributed by atoms with Crippen molar-refractivity contribution in [1.82, 2.24) is 9.55 Å². The maximum atomic E-state index is 13.8. The summed E-state index contributed by atoms with van der Waals surface area (Å²) < 4.78 is 33.0. The molecular weight excluding hydrogens is 280 g/mol. The van der Waals surface area contributed by atoms with Crippen molar-refractivity contribution >= 4 is 5.82 Å². The van der Waals surface area contributed by atoms with Crippen molar-refractivity contribution in [3.05, 3.63) is 22.7 Å². The predicted octanol–water partition coefficient (Wildman–Crippen LogP) is -1.51. The second-order valence-electron chi connectivity index (χ2n) is 4.17. The highest BCUT2D eigenvalue weighted by Crippen LogP contribution is 2.41. The number of halogens is 2. The minimum Gasteiger partial charge on any atom is -0.394 e. The van der Waals surface area contributed by atoms with Gasteiger partial charge in [-0.15, -0.1) is 0 Å². The van der Waals surface area contributed by atoms with Crippen LogP contribution < -0.4 is 11.0 Å². The lowest BCUT2D eigenvalue weighted by Crippen LogP contribution is -2.41. The van der Waals surface area contributed by atoms with Gasteiger partial charge in [0.25, 0.3) is 0 Å². The Morgan fingerprint density at radius 3 is 2.70 bits per heavy atom. The van der Waals surface area contributed by atoms with E-state index in [1.165, 1.54) is 6.07 Å². The molecule has 20 heavy (non-hydrogen) atoms. The van der Waals surface area contributed by atoms with E-state index in [0.29, 0.717) is 4.57 Å². The molecule has 1 aromatic heterocycles. The van der Waals surface area contributed by atoms with Crippen LogP contribution in [0.1, 0.15) is 6.23 Å². The summed E-state index contributed by atoms with van der Waals surface area (Å²) in [5.74, 6) is -3.74. The van der Waals surface area contributed by atoms with Gasteiger partial charge in [0.1, 0.15) is 18.7 Å². The highest BCUT2D eigenvalue weighted by Gasteiger charge is 2.59. The first-order valence-corrected chi connectivity index (χ1v) is 5.68. The van der Waals surface area contributed by atoms with Gasteiger partial charge in [-0.3, -0.25) is 4.57 Å². The van der Waals surface area contributed by atoms with Crippen molar-refractivity contribution in [3.8, 4) is 0 Å². The lowest BCUT2D eigenvalue weighted by molar-refractivity contribution is -0.140. The summed E-state index contributed by atoms with van der Waals surface area (Å²) in [5, 5.41) is 29.2. The molecule has 1 aliphatic rings. The van der Waals surface area contributed by atoms with Crippen LogP contribution in [-0.2, 0) is 4.74 Å². The zero-order chi connectivity index (χ0) is 14.9. The molecule has 0 aliphatic carbocycles. The Bertz CT molecular complexity index is 538. The third-order valence-electron chi connectivity index (χ3n) is 2.90. The number of alkyl halides is 2. The van der Waals surface area contributed by atoms with E-state index in [9.17, 15) is 18.7 Å². The first-order valence-electron chi connectivity index (χ1n) is 5.68. The van der Waals surface area contributed by atoms with Crippen LogP contribution in [0.2, 0.25) is 0 Å². The van der Waals surface area contributed by atoms with Gasteiger partial charge in [0.05, 0.1) is 6.61 Å². The SMILES string of the molecule is O=c1nc(NCO)ccn1C1OC(CO)C(O)C1(F)F. The highest BCUT2D eigenvalue weighted by atomic mass is 19.3. The number of hydrogen-bond acceptors (Lipinski definition) is 7. The number of aliphatic hydroxyl groups excluding tert-OH is 3. The number of anilines is 1. The number of nitrogens with one attached hydrogen (secondary N) is 1. The van der Waals surface area contributed by atoms with Gasteiger partial charge >= 0.3 is 11.6 Å². The summed E-state index contributed by atoms with van der Waals surface area (Å²) in [5.41, 5.74) is -1.04. The second-order valence-corrected chi connectivity index (χ2v) is 4.17. The number of hydrogen-bond donors (Lipinski definition) is 4. The predicted molar refractivity (Wildman–Crippen MR) is 61.2 cm³/mol. The average molecular weight is 293 g/mol. The molecule has 0 saturated carbocycles. The summed E-state index contributed by atoms with van der Waals surface area (Å²) in [4.78, 5) is 15.1. The third kappa shape index (κ3) is 2.38. The van der Waals surface area contributed by atoms with Crippen molar-refractivity contribution in [2.24, 2.45) is 0 Å². The monoisotopic (exact) mass is 293 g/mol. The minimum atomic E-state index is -3.75. The molecule has 4 N–H and O–H groups in total. The lowest BCUT2D eigenvalue weighted by Gasteiger charge is -2.21. The fourth-order valence-electron chi connectivity index (χ4n) is 1.89. The van der Waals surface area contributed by atoms with Crippen molar-refractivity contribution < 1.29 is 28.8 Å². The maximum absolute atomic E-state index is 13.8. The molecule has 3 atom stereocenters. The van der Waals surface area contributed by atoms with Crippen LogP contribution in [0.4, 0.5) is 14.6 Å². The topological polar surface area (TPSA) is 117 Å². The summed E-state index contributed by atoms with van der Waals surface area (Å²) in [6.45, 7) is -1.28. The fraction of sp³-hybridized carbons (Fsp3) is 0.600. The van der Waals surface area contributed by atoms with Gasteiger partial charge < -0.3 is 25.4 Å². The van der Waals surface area contributed by atoms with E-state index in [0.717, 1.165) is 6.20 Å². The molecule has 0 bridgehead atoms. The van der Waals surface area contributed by atoms with Crippen LogP contribution >= 0.6 is 0 Å². The molecule has 0 amide bonds. The van der Waals surface area contributed by atoms with Crippen LogP contribution in [0, 0.1) is 0 Å². The summed E-state index contributed by atoms with van der Waals surface area (Å²) in [6, 6.07) is 1.19. The van der Waals surface area contributed by atoms with Gasteiger partial charge in [0.2, 0.25) is 6.23 Å². The number of aliphatic hydroxyl groups is 3. The summed E-state index contributed by atoms with van der Waals surface area (Å²) >= 11 is 0. The second kappa shape index (κ2) is 5.40. The van der Waals surface area contributed by atoms with Gasteiger partial charge in [0.15, 0.2) is 6.10 Å². The van der Waals surface area contributed by atoms with E-state index < -0.39 is 43.4 Å². The van der Waals surface area contributed by atoms with Crippen molar-refractivity contribution in [2.45, 2.75) is 24.4 Å². The number of rotatable bonds is 4. The number of ether oxygens (including phenoxy) is 1.